The summed E-state index contributed by atoms with van der Waals surface area (Å²) in [5, 5.41) is 8.69. The van der Waals surface area contributed by atoms with Gasteiger partial charge in [-0.3, -0.25) is 4.79 Å². The van der Waals surface area contributed by atoms with E-state index in [0.717, 1.165) is 12.8 Å². The molecule has 0 aliphatic heterocycles. The van der Waals surface area contributed by atoms with Gasteiger partial charge in [-0.2, -0.15) is 0 Å². The smallest absolute Gasteiger partial charge is 0.409 e. The highest BCUT2D eigenvalue weighted by atomic mass is 16.6. The predicted octanol–water partition coefficient (Wildman–Crippen LogP) is 2.11. The second-order valence-corrected chi connectivity index (χ2v) is 3.69. The van der Waals surface area contributed by atoms with Crippen LogP contribution in [0.4, 0.5) is 4.79 Å². The van der Waals surface area contributed by atoms with Crippen LogP contribution >= 0.6 is 0 Å². The molecular weight excluding hydrogens is 210 g/mol. The molecule has 5 nitrogen and oxygen atoms in total. The fourth-order valence-electron chi connectivity index (χ4n) is 1.39. The lowest BCUT2D eigenvalue weighted by atomic mass is 10.2. The molecule has 0 bridgehead atoms. The summed E-state index contributed by atoms with van der Waals surface area (Å²) in [5.74, 6) is -0.904. The summed E-state index contributed by atoms with van der Waals surface area (Å²) in [6, 6.07) is -0.330. The van der Waals surface area contributed by atoms with E-state index in [0.29, 0.717) is 13.2 Å². The molecule has 0 aliphatic carbocycles. The SMILES string of the molecule is CCCCN(C(=O)OCC)C(C)CC(=O)O. The van der Waals surface area contributed by atoms with E-state index in [9.17, 15) is 9.59 Å². The van der Waals surface area contributed by atoms with E-state index in [-0.39, 0.29) is 12.5 Å². The Hall–Kier alpha value is -1.26. The van der Waals surface area contributed by atoms with Gasteiger partial charge in [0.15, 0.2) is 0 Å². The van der Waals surface area contributed by atoms with Gasteiger partial charge in [0.25, 0.3) is 0 Å². The van der Waals surface area contributed by atoms with Gasteiger partial charge in [-0.15, -0.1) is 0 Å². The normalized spacial score (nSPS) is 11.9. The first-order valence-corrected chi connectivity index (χ1v) is 5.68. The molecule has 0 fully saturated rings. The lowest BCUT2D eigenvalue weighted by Gasteiger charge is -2.27. The van der Waals surface area contributed by atoms with Crippen LogP contribution in [0.25, 0.3) is 0 Å². The van der Waals surface area contributed by atoms with Crippen molar-refractivity contribution >= 4 is 12.1 Å². The summed E-state index contributed by atoms with van der Waals surface area (Å²) in [6.07, 6.45) is 1.32. The summed E-state index contributed by atoms with van der Waals surface area (Å²) < 4.78 is 4.90. The second kappa shape index (κ2) is 7.96. The van der Waals surface area contributed by atoms with Gasteiger partial charge in [0.2, 0.25) is 0 Å². The first kappa shape index (κ1) is 14.7. The van der Waals surface area contributed by atoms with Crippen molar-refractivity contribution in [2.75, 3.05) is 13.2 Å². The Morgan fingerprint density at radius 2 is 2.00 bits per heavy atom. The van der Waals surface area contributed by atoms with Gasteiger partial charge in [-0.1, -0.05) is 13.3 Å². The van der Waals surface area contributed by atoms with Crippen LogP contribution in [0.3, 0.4) is 0 Å². The van der Waals surface area contributed by atoms with Crippen LogP contribution in [0.5, 0.6) is 0 Å². The summed E-state index contributed by atoms with van der Waals surface area (Å²) >= 11 is 0. The number of carboxylic acids is 1. The number of nitrogens with zero attached hydrogens (tertiary/aromatic N) is 1. The van der Waals surface area contributed by atoms with Crippen LogP contribution in [0.1, 0.15) is 40.0 Å². The third kappa shape index (κ3) is 5.58. The molecule has 0 aromatic heterocycles. The molecule has 0 aromatic rings. The minimum absolute atomic E-state index is 0.0530. The predicted molar refractivity (Wildman–Crippen MR) is 60.4 cm³/mol. The Labute approximate surface area is 96.4 Å². The van der Waals surface area contributed by atoms with Crippen molar-refractivity contribution in [3.8, 4) is 0 Å². The molecule has 0 heterocycles. The van der Waals surface area contributed by atoms with E-state index in [2.05, 4.69) is 0 Å². The number of carboxylic acid groups (broad SMARTS) is 1. The van der Waals surface area contributed by atoms with Crippen molar-refractivity contribution in [3.05, 3.63) is 0 Å². The molecule has 1 unspecified atom stereocenters. The van der Waals surface area contributed by atoms with Crippen molar-refractivity contribution in [2.24, 2.45) is 0 Å². The van der Waals surface area contributed by atoms with Crippen molar-refractivity contribution < 1.29 is 19.4 Å². The Morgan fingerprint density at radius 3 is 2.44 bits per heavy atom. The van der Waals surface area contributed by atoms with Crippen LogP contribution in [0, 0.1) is 0 Å². The summed E-state index contributed by atoms with van der Waals surface area (Å²) in [4.78, 5) is 23.7. The number of hydrogen-bond donors (Lipinski definition) is 1. The molecule has 0 saturated heterocycles. The number of unbranched alkanes of at least 4 members (excludes halogenated alkanes) is 1. The second-order valence-electron chi connectivity index (χ2n) is 3.69. The number of carbonyl (C=O) groups is 2. The largest absolute Gasteiger partial charge is 0.481 e. The highest BCUT2D eigenvalue weighted by molar-refractivity contribution is 5.71. The zero-order chi connectivity index (χ0) is 12.6. The van der Waals surface area contributed by atoms with Gasteiger partial charge >= 0.3 is 12.1 Å². The molecule has 94 valence electrons. The van der Waals surface area contributed by atoms with E-state index in [1.165, 1.54) is 4.90 Å². The van der Waals surface area contributed by atoms with E-state index in [1.807, 2.05) is 6.92 Å². The molecule has 0 radical (unpaired) electrons. The zero-order valence-electron chi connectivity index (χ0n) is 10.2. The number of aliphatic carboxylic acids is 1. The van der Waals surface area contributed by atoms with Gasteiger partial charge in [-0.05, 0) is 20.3 Å². The summed E-state index contributed by atoms with van der Waals surface area (Å²) in [5.41, 5.74) is 0. The van der Waals surface area contributed by atoms with Crippen molar-refractivity contribution in [3.63, 3.8) is 0 Å². The molecule has 1 atom stereocenters. The number of hydrogen-bond acceptors (Lipinski definition) is 3. The van der Waals surface area contributed by atoms with E-state index in [1.54, 1.807) is 13.8 Å². The first-order valence-electron chi connectivity index (χ1n) is 5.68. The average molecular weight is 231 g/mol. The molecule has 0 aromatic carbocycles. The van der Waals surface area contributed by atoms with Crippen LogP contribution < -0.4 is 0 Å². The van der Waals surface area contributed by atoms with Gasteiger partial charge in [0, 0.05) is 12.6 Å². The van der Waals surface area contributed by atoms with Crippen LogP contribution in [-0.4, -0.2) is 41.3 Å². The van der Waals surface area contributed by atoms with Crippen molar-refractivity contribution in [2.45, 2.75) is 46.1 Å². The Morgan fingerprint density at radius 1 is 1.38 bits per heavy atom. The van der Waals surface area contributed by atoms with Gasteiger partial charge in [0.05, 0.1) is 13.0 Å². The fraction of sp³-hybridized carbons (Fsp3) is 0.818. The Kier molecular flexibility index (Phi) is 7.33. The van der Waals surface area contributed by atoms with E-state index < -0.39 is 12.1 Å². The van der Waals surface area contributed by atoms with E-state index >= 15 is 0 Å². The summed E-state index contributed by atoms with van der Waals surface area (Å²) in [7, 11) is 0. The monoisotopic (exact) mass is 231 g/mol. The molecule has 0 spiro atoms. The Balaban J connectivity index is 4.38. The minimum Gasteiger partial charge on any atom is -0.481 e. The molecule has 16 heavy (non-hydrogen) atoms. The third-order valence-corrected chi connectivity index (χ3v) is 2.26. The molecule has 0 aliphatic rings. The molecule has 0 rings (SSSR count). The molecule has 5 heteroatoms. The maximum absolute atomic E-state index is 11.6. The highest BCUT2D eigenvalue weighted by Gasteiger charge is 2.22. The maximum Gasteiger partial charge on any atom is 0.409 e. The van der Waals surface area contributed by atoms with E-state index in [4.69, 9.17) is 9.84 Å². The maximum atomic E-state index is 11.6. The zero-order valence-corrected chi connectivity index (χ0v) is 10.2. The van der Waals surface area contributed by atoms with Crippen molar-refractivity contribution in [1.29, 1.82) is 0 Å². The number of rotatable bonds is 7. The number of ether oxygens (including phenoxy) is 1. The van der Waals surface area contributed by atoms with Gasteiger partial charge in [0.1, 0.15) is 0 Å². The first-order chi connectivity index (χ1) is 7.52. The number of carbonyl (C=O) groups excluding carboxylic acids is 1. The topological polar surface area (TPSA) is 66.8 Å². The molecule has 1 amide bonds. The van der Waals surface area contributed by atoms with Crippen LogP contribution in [0.15, 0.2) is 0 Å². The van der Waals surface area contributed by atoms with Crippen molar-refractivity contribution in [1.82, 2.24) is 4.90 Å². The molecule has 0 saturated carbocycles. The number of amides is 1. The lowest BCUT2D eigenvalue weighted by Crippen LogP contribution is -2.40. The Bertz CT molecular complexity index is 230. The quantitative estimate of drug-likeness (QED) is 0.728. The highest BCUT2D eigenvalue weighted by Crippen LogP contribution is 2.08. The van der Waals surface area contributed by atoms with Gasteiger partial charge < -0.3 is 14.7 Å². The van der Waals surface area contributed by atoms with Gasteiger partial charge in [-0.25, -0.2) is 4.79 Å². The summed E-state index contributed by atoms with van der Waals surface area (Å²) in [6.45, 7) is 6.33. The average Bonchev–Trinajstić information content (AvgIpc) is 2.17. The lowest BCUT2D eigenvalue weighted by molar-refractivity contribution is -0.138. The van der Waals surface area contributed by atoms with Crippen LogP contribution in [-0.2, 0) is 9.53 Å². The molecule has 1 N–H and O–H groups in total. The fourth-order valence-corrected chi connectivity index (χ4v) is 1.39. The third-order valence-electron chi connectivity index (χ3n) is 2.26. The minimum atomic E-state index is -0.904. The van der Waals surface area contributed by atoms with Crippen LogP contribution in [0.2, 0.25) is 0 Å². The molecular formula is C11H21NO4. The standard InChI is InChI=1S/C11H21NO4/c1-4-6-7-12(11(15)16-5-2)9(3)8-10(13)14/h9H,4-8H2,1-3H3,(H,13,14).